The van der Waals surface area contributed by atoms with E-state index < -0.39 is 5.91 Å². The van der Waals surface area contributed by atoms with E-state index in [2.05, 4.69) is 16.1 Å². The van der Waals surface area contributed by atoms with E-state index >= 15 is 0 Å². The molecule has 0 spiro atoms. The number of hydrogen-bond donors (Lipinski definition) is 1. The summed E-state index contributed by atoms with van der Waals surface area (Å²) < 4.78 is 7.12. The van der Waals surface area contributed by atoms with E-state index in [-0.39, 0.29) is 24.7 Å². The van der Waals surface area contributed by atoms with Gasteiger partial charge in [0.2, 0.25) is 5.88 Å². The van der Waals surface area contributed by atoms with E-state index in [4.69, 9.17) is 11.2 Å². The molecule has 6 heteroatoms. The molecule has 0 bridgehead atoms. The first-order valence-corrected chi connectivity index (χ1v) is 8.40. The Morgan fingerprint density at radius 1 is 1.19 bits per heavy atom. The Kier molecular flexibility index (Phi) is 5.23. The third kappa shape index (κ3) is 3.67. The van der Waals surface area contributed by atoms with Crippen molar-refractivity contribution in [3.8, 4) is 24.0 Å². The summed E-state index contributed by atoms with van der Waals surface area (Å²) >= 11 is 0. The fourth-order valence-corrected chi connectivity index (χ4v) is 2.92. The molecule has 0 aliphatic carbocycles. The van der Waals surface area contributed by atoms with Crippen LogP contribution in [0.25, 0.3) is 10.9 Å². The molecule has 136 valence electrons. The summed E-state index contributed by atoms with van der Waals surface area (Å²) in [7, 11) is 0. The van der Waals surface area contributed by atoms with Gasteiger partial charge >= 0.3 is 5.91 Å². The molecule has 6 nitrogen and oxygen atoms in total. The summed E-state index contributed by atoms with van der Waals surface area (Å²) in [6.45, 7) is 3.77. The number of hydrogen-bond acceptors (Lipinski definition) is 4. The maximum Gasteiger partial charge on any atom is 0.302 e. The zero-order valence-electron chi connectivity index (χ0n) is 15.1. The summed E-state index contributed by atoms with van der Waals surface area (Å²) in [5.74, 6) is 2.48. The molecule has 27 heavy (non-hydrogen) atoms. The zero-order chi connectivity index (χ0) is 19.4. The van der Waals surface area contributed by atoms with Crippen molar-refractivity contribution in [1.29, 1.82) is 0 Å². The van der Waals surface area contributed by atoms with Gasteiger partial charge in [-0.25, -0.2) is 0 Å². The number of fused-ring (bicyclic) bond motifs is 1. The molecule has 2 aromatic carbocycles. The van der Waals surface area contributed by atoms with Crippen LogP contribution in [0.5, 0.6) is 11.6 Å². The minimum atomic E-state index is -0.550. The Balaban J connectivity index is 1.81. The Labute approximate surface area is 157 Å². The Bertz CT molecular complexity index is 1050. The van der Waals surface area contributed by atoms with Crippen LogP contribution >= 0.6 is 0 Å². The van der Waals surface area contributed by atoms with Crippen molar-refractivity contribution in [2.24, 2.45) is 10.2 Å². The number of rotatable bonds is 5. The number of aromatic hydroxyl groups is 1. The van der Waals surface area contributed by atoms with Crippen LogP contribution in [-0.2, 0) is 11.3 Å². The van der Waals surface area contributed by atoms with E-state index in [1.165, 1.54) is 0 Å². The van der Waals surface area contributed by atoms with Crippen molar-refractivity contribution in [2.75, 3.05) is 6.61 Å². The third-order valence-corrected chi connectivity index (χ3v) is 4.18. The highest BCUT2D eigenvalue weighted by Crippen LogP contribution is 2.38. The van der Waals surface area contributed by atoms with Crippen molar-refractivity contribution in [1.82, 2.24) is 4.57 Å². The van der Waals surface area contributed by atoms with Gasteiger partial charge in [0.15, 0.2) is 12.3 Å². The lowest BCUT2D eigenvalue weighted by Gasteiger charge is -2.09. The predicted molar refractivity (Wildman–Crippen MR) is 103 cm³/mol. The van der Waals surface area contributed by atoms with Gasteiger partial charge in [-0.3, -0.25) is 9.36 Å². The third-order valence-electron chi connectivity index (χ3n) is 4.18. The molecule has 0 fully saturated rings. The summed E-state index contributed by atoms with van der Waals surface area (Å²) in [6.07, 6.45) is 5.36. The second-order valence-electron chi connectivity index (χ2n) is 6.08. The number of amides is 1. The molecule has 3 rings (SSSR count). The molecule has 0 saturated carbocycles. The molecule has 1 N–H and O–H groups in total. The van der Waals surface area contributed by atoms with Crippen LogP contribution in [-0.4, -0.2) is 22.2 Å². The van der Waals surface area contributed by atoms with Crippen molar-refractivity contribution in [3.63, 3.8) is 0 Å². The first-order chi connectivity index (χ1) is 13.0. The lowest BCUT2D eigenvalue weighted by atomic mass is 10.1. The van der Waals surface area contributed by atoms with E-state index in [9.17, 15) is 9.90 Å². The van der Waals surface area contributed by atoms with Gasteiger partial charge in [-0.2, -0.15) is 0 Å². The van der Waals surface area contributed by atoms with Crippen molar-refractivity contribution < 1.29 is 14.6 Å². The van der Waals surface area contributed by atoms with Crippen LogP contribution in [0.3, 0.4) is 0 Å². The average Bonchev–Trinajstić information content (AvgIpc) is 2.92. The van der Waals surface area contributed by atoms with Gasteiger partial charge in [0.25, 0.3) is 0 Å². The number of para-hydroxylation sites is 2. The minimum absolute atomic E-state index is 0.124. The minimum Gasteiger partial charge on any atom is -0.493 e. The summed E-state index contributed by atoms with van der Waals surface area (Å²) in [5, 5.41) is 18.7. The number of nitrogens with zero attached hydrogens (tertiary/aromatic N) is 3. The first-order valence-electron chi connectivity index (χ1n) is 8.40. The number of aromatic nitrogens is 1. The molecule has 0 aliphatic heterocycles. The van der Waals surface area contributed by atoms with Crippen LogP contribution in [0.1, 0.15) is 11.1 Å². The van der Waals surface area contributed by atoms with Gasteiger partial charge in [-0.1, -0.05) is 42.3 Å². The molecule has 1 amide bonds. The van der Waals surface area contributed by atoms with Gasteiger partial charge in [0.1, 0.15) is 5.75 Å². The monoisotopic (exact) mass is 361 g/mol. The second kappa shape index (κ2) is 7.75. The van der Waals surface area contributed by atoms with Crippen LogP contribution in [0.15, 0.2) is 52.7 Å². The van der Waals surface area contributed by atoms with Crippen molar-refractivity contribution in [3.05, 3.63) is 53.6 Å². The Morgan fingerprint density at radius 2 is 1.89 bits per heavy atom. The number of carbonyl (C=O) groups excluding carboxylic acids is 1. The van der Waals surface area contributed by atoms with Gasteiger partial charge in [0.05, 0.1) is 12.1 Å². The van der Waals surface area contributed by atoms with Crippen LogP contribution in [0.2, 0.25) is 0 Å². The largest absolute Gasteiger partial charge is 0.493 e. The standard InChI is InChI=1S/C21H19N3O3/c1-4-12-24-17-11-6-5-10-16(17)19(21(24)26)23-22-18(25)13-27-20-14(2)8-7-9-15(20)3/h1,5-11,26H,12-13H2,2-3H3. The summed E-state index contributed by atoms with van der Waals surface area (Å²) in [4.78, 5) is 12.1. The SMILES string of the molecule is C#CCn1c(O)c(N=NC(=O)COc2c(C)cccc2C)c2ccccc21. The van der Waals surface area contributed by atoms with Gasteiger partial charge in [-0.05, 0) is 31.0 Å². The highest BCUT2D eigenvalue weighted by Gasteiger charge is 2.16. The molecule has 1 aromatic heterocycles. The average molecular weight is 361 g/mol. The van der Waals surface area contributed by atoms with Gasteiger partial charge in [0, 0.05) is 5.39 Å². The van der Waals surface area contributed by atoms with Gasteiger partial charge in [-0.15, -0.1) is 16.7 Å². The number of carbonyl (C=O) groups is 1. The number of benzene rings is 2. The van der Waals surface area contributed by atoms with Crippen molar-refractivity contribution in [2.45, 2.75) is 20.4 Å². The fourth-order valence-electron chi connectivity index (χ4n) is 2.92. The van der Waals surface area contributed by atoms with E-state index in [1.807, 2.05) is 50.2 Å². The molecule has 1 heterocycles. The molecule has 0 saturated heterocycles. The van der Waals surface area contributed by atoms with Crippen LogP contribution in [0.4, 0.5) is 5.69 Å². The van der Waals surface area contributed by atoms with Crippen LogP contribution < -0.4 is 4.74 Å². The second-order valence-corrected chi connectivity index (χ2v) is 6.08. The topological polar surface area (TPSA) is 76.2 Å². The quantitative estimate of drug-likeness (QED) is 0.544. The molecular formula is C21H19N3O3. The summed E-state index contributed by atoms with van der Waals surface area (Å²) in [5.41, 5.74) is 2.81. The highest BCUT2D eigenvalue weighted by atomic mass is 16.5. The maximum absolute atomic E-state index is 12.1. The summed E-state index contributed by atoms with van der Waals surface area (Å²) in [6, 6.07) is 13.0. The number of terminal acetylenes is 1. The molecule has 0 atom stereocenters. The Hall–Kier alpha value is -3.59. The normalized spacial score (nSPS) is 11.0. The molecular weight excluding hydrogens is 342 g/mol. The zero-order valence-corrected chi connectivity index (χ0v) is 15.1. The highest BCUT2D eigenvalue weighted by molar-refractivity contribution is 5.95. The predicted octanol–water partition coefficient (Wildman–Crippen LogP) is 4.29. The lowest BCUT2D eigenvalue weighted by molar-refractivity contribution is -0.120. The van der Waals surface area contributed by atoms with Crippen LogP contribution in [0, 0.1) is 26.2 Å². The number of azo groups is 1. The molecule has 0 aliphatic rings. The number of aryl methyl sites for hydroxylation is 2. The smallest absolute Gasteiger partial charge is 0.302 e. The molecule has 0 radical (unpaired) electrons. The molecule has 3 aromatic rings. The van der Waals surface area contributed by atoms with E-state index in [0.717, 1.165) is 16.6 Å². The lowest BCUT2D eigenvalue weighted by Crippen LogP contribution is -2.09. The van der Waals surface area contributed by atoms with E-state index in [0.29, 0.717) is 11.1 Å². The maximum atomic E-state index is 12.1. The van der Waals surface area contributed by atoms with Crippen molar-refractivity contribution >= 4 is 22.5 Å². The van der Waals surface area contributed by atoms with Gasteiger partial charge < -0.3 is 9.84 Å². The number of ether oxygens (including phenoxy) is 1. The first kappa shape index (κ1) is 18.2. The fraction of sp³-hybridized carbons (Fsp3) is 0.190. The molecule has 0 unspecified atom stereocenters. The Morgan fingerprint density at radius 3 is 2.59 bits per heavy atom. The van der Waals surface area contributed by atoms with E-state index in [1.54, 1.807) is 10.6 Å².